The maximum Gasteiger partial charge on any atom is 0.149 e. The molecule has 0 radical (unpaired) electrons. The van der Waals surface area contributed by atoms with Gasteiger partial charge in [0.2, 0.25) is 0 Å². The van der Waals surface area contributed by atoms with E-state index in [2.05, 4.69) is 31.9 Å². The first-order valence-electron chi connectivity index (χ1n) is 9.29. The van der Waals surface area contributed by atoms with Gasteiger partial charge in [-0.25, -0.2) is 0 Å². The van der Waals surface area contributed by atoms with Crippen LogP contribution in [0.15, 0.2) is 35.6 Å². The second-order valence-electron chi connectivity index (χ2n) is 8.88. The fraction of sp³-hybridized carbons (Fsp3) is 0.636. The van der Waals surface area contributed by atoms with Gasteiger partial charge in [0.1, 0.15) is 5.60 Å². The van der Waals surface area contributed by atoms with E-state index in [9.17, 15) is 10.2 Å². The normalized spacial score (nSPS) is 51.3. The van der Waals surface area contributed by atoms with Gasteiger partial charge in [-0.05, 0) is 73.3 Å². The van der Waals surface area contributed by atoms with Crippen LogP contribution in [-0.4, -0.2) is 15.8 Å². The molecule has 2 nitrogen and oxygen atoms in total. The molecule has 0 amide bonds. The predicted octanol–water partition coefficient (Wildman–Crippen LogP) is 4.53. The van der Waals surface area contributed by atoms with Crippen LogP contribution in [0.5, 0.6) is 0 Å². The van der Waals surface area contributed by atoms with Crippen molar-refractivity contribution in [3.05, 3.63) is 35.6 Å². The van der Waals surface area contributed by atoms with Crippen molar-refractivity contribution in [2.24, 2.45) is 28.6 Å². The summed E-state index contributed by atoms with van der Waals surface area (Å²) in [5.74, 6) is 4.21. The van der Waals surface area contributed by atoms with Crippen molar-refractivity contribution in [1.82, 2.24) is 0 Å². The minimum absolute atomic E-state index is 0.155. The van der Waals surface area contributed by atoms with E-state index in [1.165, 1.54) is 12.7 Å². The molecule has 2 heteroatoms. The molecule has 2 fully saturated rings. The Morgan fingerprint density at radius 2 is 2.12 bits per heavy atom. The minimum Gasteiger partial charge on any atom is -0.516 e. The standard InChI is InChI=1S/C22H28O2/c1-4-22(24)12-10-19-17-8-7-16-6-5-15(14-23)13-20(16,2)18(17)9-11-21(19,22)3/h1,6,10,12,14,17-19,23-24H,5,7-9,11,13H2,2-3H3/b15-14-/t17-,18+,19+,20+,21+,22+/m1/s1. The molecular formula is C22H28O2. The van der Waals surface area contributed by atoms with Gasteiger partial charge in [0.15, 0.2) is 0 Å². The van der Waals surface area contributed by atoms with Crippen LogP contribution in [0.3, 0.4) is 0 Å². The van der Waals surface area contributed by atoms with Crippen LogP contribution in [-0.2, 0) is 0 Å². The maximum atomic E-state index is 10.9. The lowest BCUT2D eigenvalue weighted by Crippen LogP contribution is -2.54. The highest BCUT2D eigenvalue weighted by Crippen LogP contribution is 2.66. The number of terminal acetylenes is 1. The third-order valence-electron chi connectivity index (χ3n) is 8.01. The summed E-state index contributed by atoms with van der Waals surface area (Å²) in [4.78, 5) is 0. The van der Waals surface area contributed by atoms with E-state index in [-0.39, 0.29) is 10.8 Å². The lowest BCUT2D eigenvalue weighted by Gasteiger charge is -2.58. The molecule has 24 heavy (non-hydrogen) atoms. The first kappa shape index (κ1) is 16.0. The third-order valence-corrected chi connectivity index (χ3v) is 8.01. The van der Waals surface area contributed by atoms with Gasteiger partial charge in [-0.1, -0.05) is 37.5 Å². The first-order valence-corrected chi connectivity index (χ1v) is 9.29. The van der Waals surface area contributed by atoms with Crippen molar-refractivity contribution in [2.75, 3.05) is 0 Å². The van der Waals surface area contributed by atoms with Crippen LogP contribution in [0.25, 0.3) is 0 Å². The second-order valence-corrected chi connectivity index (χ2v) is 8.88. The smallest absolute Gasteiger partial charge is 0.149 e. The van der Waals surface area contributed by atoms with E-state index < -0.39 is 5.60 Å². The number of aliphatic hydroxyl groups excluding tert-OH is 1. The molecule has 4 aliphatic carbocycles. The predicted molar refractivity (Wildman–Crippen MR) is 96.1 cm³/mol. The van der Waals surface area contributed by atoms with Gasteiger partial charge in [0, 0.05) is 5.41 Å². The van der Waals surface area contributed by atoms with Gasteiger partial charge in [-0.2, -0.15) is 0 Å². The maximum absolute atomic E-state index is 10.9. The molecule has 4 rings (SSSR count). The molecule has 0 aliphatic heterocycles. The molecule has 2 saturated carbocycles. The van der Waals surface area contributed by atoms with Gasteiger partial charge >= 0.3 is 0 Å². The molecule has 128 valence electrons. The Kier molecular flexibility index (Phi) is 3.35. The quantitative estimate of drug-likeness (QED) is 0.390. The van der Waals surface area contributed by atoms with Crippen molar-refractivity contribution in [2.45, 2.75) is 58.0 Å². The van der Waals surface area contributed by atoms with Crippen LogP contribution in [0.1, 0.15) is 52.4 Å². The molecule has 0 spiro atoms. The zero-order valence-electron chi connectivity index (χ0n) is 14.8. The molecule has 0 aromatic carbocycles. The molecule has 0 bridgehead atoms. The number of aliphatic hydroxyl groups is 2. The van der Waals surface area contributed by atoms with Gasteiger partial charge in [-0.3, -0.25) is 0 Å². The zero-order valence-corrected chi connectivity index (χ0v) is 14.8. The molecule has 0 saturated heterocycles. The van der Waals surface area contributed by atoms with E-state index in [1.54, 1.807) is 5.57 Å². The van der Waals surface area contributed by atoms with Crippen LogP contribution in [0.4, 0.5) is 0 Å². The third kappa shape index (κ3) is 1.83. The number of hydrogen-bond donors (Lipinski definition) is 2. The number of rotatable bonds is 0. The van der Waals surface area contributed by atoms with E-state index >= 15 is 0 Å². The molecule has 0 unspecified atom stereocenters. The molecule has 0 aromatic heterocycles. The topological polar surface area (TPSA) is 40.5 Å². The second kappa shape index (κ2) is 5.02. The van der Waals surface area contributed by atoms with Crippen molar-refractivity contribution < 1.29 is 10.2 Å². The summed E-state index contributed by atoms with van der Waals surface area (Å²) in [6, 6.07) is 0. The Morgan fingerprint density at radius 1 is 1.33 bits per heavy atom. The summed E-state index contributed by atoms with van der Waals surface area (Å²) in [5, 5.41) is 20.5. The summed E-state index contributed by atoms with van der Waals surface area (Å²) in [5.41, 5.74) is 1.57. The fourth-order valence-corrected chi connectivity index (χ4v) is 6.50. The van der Waals surface area contributed by atoms with Crippen LogP contribution >= 0.6 is 0 Å². The van der Waals surface area contributed by atoms with Gasteiger partial charge < -0.3 is 10.2 Å². The van der Waals surface area contributed by atoms with Gasteiger partial charge in [-0.15, -0.1) is 6.42 Å². The molecular weight excluding hydrogens is 296 g/mol. The van der Waals surface area contributed by atoms with E-state index in [4.69, 9.17) is 6.42 Å². The summed E-state index contributed by atoms with van der Waals surface area (Å²) < 4.78 is 0. The zero-order chi connectivity index (χ0) is 17.2. The van der Waals surface area contributed by atoms with E-state index in [1.807, 2.05) is 6.08 Å². The Balaban J connectivity index is 1.72. The van der Waals surface area contributed by atoms with Crippen molar-refractivity contribution >= 4 is 0 Å². The fourth-order valence-electron chi connectivity index (χ4n) is 6.50. The Labute approximate surface area is 145 Å². The molecule has 6 atom stereocenters. The largest absolute Gasteiger partial charge is 0.516 e. The van der Waals surface area contributed by atoms with E-state index in [0.29, 0.717) is 17.8 Å². The SMILES string of the molecule is C#C[C@]1(O)C=C[C@H]2[C@@H]3CCC4=CC/C(=C/O)C[C@]4(C)[C@H]3CC[C@@]21C. The van der Waals surface area contributed by atoms with Crippen LogP contribution < -0.4 is 0 Å². The Hall–Kier alpha value is -1.46. The minimum atomic E-state index is -1.09. The Morgan fingerprint density at radius 3 is 2.83 bits per heavy atom. The van der Waals surface area contributed by atoms with Crippen molar-refractivity contribution in [1.29, 1.82) is 0 Å². The first-order chi connectivity index (χ1) is 11.4. The number of hydrogen-bond acceptors (Lipinski definition) is 2. The Bertz CT molecular complexity index is 693. The average molecular weight is 324 g/mol. The molecule has 2 N–H and O–H groups in total. The highest BCUT2D eigenvalue weighted by Gasteiger charge is 2.61. The molecule has 4 aliphatic rings. The van der Waals surface area contributed by atoms with Crippen molar-refractivity contribution in [3.8, 4) is 12.3 Å². The summed E-state index contributed by atoms with van der Waals surface area (Å²) in [6.07, 6.45) is 19.8. The van der Waals surface area contributed by atoms with Crippen LogP contribution in [0, 0.1) is 40.9 Å². The summed E-state index contributed by atoms with van der Waals surface area (Å²) in [6.45, 7) is 4.58. The number of fused-ring (bicyclic) bond motifs is 5. The number of allylic oxidation sites excluding steroid dienone is 4. The van der Waals surface area contributed by atoms with Crippen LogP contribution in [0.2, 0.25) is 0 Å². The van der Waals surface area contributed by atoms with Crippen molar-refractivity contribution in [3.63, 3.8) is 0 Å². The lowest BCUT2D eigenvalue weighted by molar-refractivity contribution is -0.0875. The highest BCUT2D eigenvalue weighted by atomic mass is 16.3. The lowest BCUT2D eigenvalue weighted by atomic mass is 9.46. The summed E-state index contributed by atoms with van der Waals surface area (Å²) in [7, 11) is 0. The highest BCUT2D eigenvalue weighted by molar-refractivity contribution is 5.37. The molecule has 0 aromatic rings. The summed E-state index contributed by atoms with van der Waals surface area (Å²) >= 11 is 0. The monoisotopic (exact) mass is 324 g/mol. The van der Waals surface area contributed by atoms with E-state index in [0.717, 1.165) is 37.7 Å². The van der Waals surface area contributed by atoms with Gasteiger partial charge in [0.05, 0.1) is 6.26 Å². The molecule has 0 heterocycles. The van der Waals surface area contributed by atoms with Gasteiger partial charge in [0.25, 0.3) is 0 Å². The average Bonchev–Trinajstić information content (AvgIpc) is 2.86.